The van der Waals surface area contributed by atoms with Gasteiger partial charge in [-0.1, -0.05) is 19.9 Å². The van der Waals surface area contributed by atoms with Gasteiger partial charge in [0.1, 0.15) is 0 Å². The molecule has 0 fully saturated rings. The minimum atomic E-state index is -0.489. The number of allylic oxidation sites excluding steroid dienone is 1. The molecular formula is C13H26N2O2. The Labute approximate surface area is 104 Å². The van der Waals surface area contributed by atoms with E-state index < -0.39 is 6.10 Å². The number of hydrogen-bond donors (Lipinski definition) is 3. The van der Waals surface area contributed by atoms with Crippen molar-refractivity contribution >= 4 is 6.03 Å². The molecule has 0 aromatic heterocycles. The van der Waals surface area contributed by atoms with Crippen molar-refractivity contribution in [1.82, 2.24) is 10.6 Å². The van der Waals surface area contributed by atoms with Gasteiger partial charge in [-0.15, -0.1) is 6.58 Å². The maximum atomic E-state index is 11.5. The predicted octanol–water partition coefficient (Wildman–Crippen LogP) is 2.05. The summed E-state index contributed by atoms with van der Waals surface area (Å²) < 4.78 is 0. The molecule has 0 aliphatic rings. The van der Waals surface area contributed by atoms with Crippen molar-refractivity contribution in [2.75, 3.05) is 6.54 Å². The molecule has 0 aromatic carbocycles. The highest BCUT2D eigenvalue weighted by Gasteiger charge is 2.11. The predicted molar refractivity (Wildman–Crippen MR) is 70.9 cm³/mol. The van der Waals surface area contributed by atoms with Crippen LogP contribution in [-0.2, 0) is 0 Å². The molecule has 4 heteroatoms. The SMILES string of the molecule is C=CCCCC(C)NC(=O)NCC(O)C(C)C. The van der Waals surface area contributed by atoms with Gasteiger partial charge in [-0.2, -0.15) is 0 Å². The minimum Gasteiger partial charge on any atom is -0.391 e. The maximum absolute atomic E-state index is 11.5. The number of aliphatic hydroxyl groups is 1. The first kappa shape index (κ1) is 16.0. The van der Waals surface area contributed by atoms with E-state index in [1.807, 2.05) is 26.8 Å². The van der Waals surface area contributed by atoms with Gasteiger partial charge in [-0.25, -0.2) is 4.79 Å². The molecule has 2 atom stereocenters. The number of unbranched alkanes of at least 4 members (excludes halogenated alkanes) is 1. The van der Waals surface area contributed by atoms with Gasteiger partial charge in [0.2, 0.25) is 0 Å². The quantitative estimate of drug-likeness (QED) is 0.450. The van der Waals surface area contributed by atoms with Crippen LogP contribution >= 0.6 is 0 Å². The van der Waals surface area contributed by atoms with E-state index in [0.717, 1.165) is 19.3 Å². The molecule has 3 N–H and O–H groups in total. The summed E-state index contributed by atoms with van der Waals surface area (Å²) >= 11 is 0. The van der Waals surface area contributed by atoms with E-state index in [1.165, 1.54) is 0 Å². The fourth-order valence-electron chi connectivity index (χ4n) is 1.35. The lowest BCUT2D eigenvalue weighted by Crippen LogP contribution is -2.44. The molecule has 2 unspecified atom stereocenters. The van der Waals surface area contributed by atoms with Crippen LogP contribution in [0, 0.1) is 5.92 Å². The zero-order valence-corrected chi connectivity index (χ0v) is 11.2. The molecule has 17 heavy (non-hydrogen) atoms. The zero-order chi connectivity index (χ0) is 13.3. The summed E-state index contributed by atoms with van der Waals surface area (Å²) in [5.41, 5.74) is 0. The summed E-state index contributed by atoms with van der Waals surface area (Å²) in [6.45, 7) is 9.76. The van der Waals surface area contributed by atoms with Crippen LogP contribution in [0.15, 0.2) is 12.7 Å². The fourth-order valence-corrected chi connectivity index (χ4v) is 1.35. The summed E-state index contributed by atoms with van der Waals surface area (Å²) in [6.07, 6.45) is 4.33. The largest absolute Gasteiger partial charge is 0.391 e. The van der Waals surface area contributed by atoms with Crippen molar-refractivity contribution in [3.8, 4) is 0 Å². The molecule has 0 saturated heterocycles. The highest BCUT2D eigenvalue weighted by Crippen LogP contribution is 2.01. The molecule has 0 spiro atoms. The van der Waals surface area contributed by atoms with E-state index in [4.69, 9.17) is 0 Å². The lowest BCUT2D eigenvalue weighted by Gasteiger charge is -2.17. The number of aliphatic hydroxyl groups excluding tert-OH is 1. The Morgan fingerprint density at radius 1 is 1.41 bits per heavy atom. The normalized spacial score (nSPS) is 14.2. The van der Waals surface area contributed by atoms with Crippen molar-refractivity contribution < 1.29 is 9.90 Å². The van der Waals surface area contributed by atoms with Crippen molar-refractivity contribution in [2.45, 2.75) is 52.2 Å². The van der Waals surface area contributed by atoms with E-state index in [0.29, 0.717) is 6.54 Å². The Hall–Kier alpha value is -1.03. The van der Waals surface area contributed by atoms with E-state index in [-0.39, 0.29) is 18.0 Å². The van der Waals surface area contributed by atoms with Gasteiger partial charge >= 0.3 is 6.03 Å². The molecule has 0 radical (unpaired) electrons. The summed E-state index contributed by atoms with van der Waals surface area (Å²) in [4.78, 5) is 11.5. The van der Waals surface area contributed by atoms with Crippen molar-refractivity contribution in [3.63, 3.8) is 0 Å². The average molecular weight is 242 g/mol. The van der Waals surface area contributed by atoms with E-state index in [9.17, 15) is 9.90 Å². The second kappa shape index (κ2) is 9.05. The first-order valence-corrected chi connectivity index (χ1v) is 6.30. The lowest BCUT2D eigenvalue weighted by atomic mass is 10.1. The smallest absolute Gasteiger partial charge is 0.315 e. The van der Waals surface area contributed by atoms with Gasteiger partial charge in [0.15, 0.2) is 0 Å². The third-order valence-corrected chi connectivity index (χ3v) is 2.66. The molecule has 100 valence electrons. The van der Waals surface area contributed by atoms with Crippen molar-refractivity contribution in [2.24, 2.45) is 5.92 Å². The molecule has 0 heterocycles. The summed E-state index contributed by atoms with van der Waals surface area (Å²) in [5, 5.41) is 15.0. The van der Waals surface area contributed by atoms with Crippen LogP contribution < -0.4 is 10.6 Å². The second-order valence-corrected chi connectivity index (χ2v) is 4.79. The van der Waals surface area contributed by atoms with Crippen LogP contribution in [0.3, 0.4) is 0 Å². The highest BCUT2D eigenvalue weighted by atomic mass is 16.3. The topological polar surface area (TPSA) is 61.4 Å². The Morgan fingerprint density at radius 3 is 2.59 bits per heavy atom. The van der Waals surface area contributed by atoms with E-state index >= 15 is 0 Å². The summed E-state index contributed by atoms with van der Waals surface area (Å²) in [5.74, 6) is 0.153. The van der Waals surface area contributed by atoms with Gasteiger partial charge in [-0.05, 0) is 32.1 Å². The Bertz CT molecular complexity index is 229. The summed E-state index contributed by atoms with van der Waals surface area (Å²) in [6, 6.07) is -0.0676. The van der Waals surface area contributed by atoms with Gasteiger partial charge in [0.25, 0.3) is 0 Å². The third kappa shape index (κ3) is 8.74. The molecule has 0 bridgehead atoms. The third-order valence-electron chi connectivity index (χ3n) is 2.66. The molecule has 0 aromatic rings. The maximum Gasteiger partial charge on any atom is 0.315 e. The van der Waals surface area contributed by atoms with Crippen molar-refractivity contribution in [3.05, 3.63) is 12.7 Å². The number of carbonyl (C=O) groups is 1. The molecular weight excluding hydrogens is 216 g/mol. The number of hydrogen-bond acceptors (Lipinski definition) is 2. The molecule has 2 amide bonds. The van der Waals surface area contributed by atoms with Crippen LogP contribution in [0.2, 0.25) is 0 Å². The first-order chi connectivity index (χ1) is 7.97. The lowest BCUT2D eigenvalue weighted by molar-refractivity contribution is 0.124. The van der Waals surface area contributed by atoms with Crippen LogP contribution in [-0.4, -0.2) is 29.8 Å². The van der Waals surface area contributed by atoms with E-state index in [2.05, 4.69) is 17.2 Å². The second-order valence-electron chi connectivity index (χ2n) is 4.79. The van der Waals surface area contributed by atoms with Crippen LogP contribution in [0.4, 0.5) is 4.79 Å². The minimum absolute atomic E-state index is 0.145. The van der Waals surface area contributed by atoms with E-state index in [1.54, 1.807) is 0 Å². The Kier molecular flexibility index (Phi) is 8.50. The van der Waals surface area contributed by atoms with Gasteiger partial charge in [0.05, 0.1) is 6.10 Å². The van der Waals surface area contributed by atoms with Gasteiger partial charge in [0, 0.05) is 12.6 Å². The zero-order valence-electron chi connectivity index (χ0n) is 11.2. The van der Waals surface area contributed by atoms with Crippen molar-refractivity contribution in [1.29, 1.82) is 0 Å². The first-order valence-electron chi connectivity index (χ1n) is 6.30. The number of urea groups is 1. The van der Waals surface area contributed by atoms with Crippen LogP contribution in [0.5, 0.6) is 0 Å². The Balaban J connectivity index is 3.67. The molecule has 0 saturated carbocycles. The number of amides is 2. The monoisotopic (exact) mass is 242 g/mol. The standard InChI is InChI=1S/C13H26N2O2/c1-5-6-7-8-11(4)15-13(17)14-9-12(16)10(2)3/h5,10-12,16H,1,6-9H2,2-4H3,(H2,14,15,17). The fraction of sp³-hybridized carbons (Fsp3) is 0.769. The van der Waals surface area contributed by atoms with Crippen LogP contribution in [0.1, 0.15) is 40.0 Å². The number of nitrogens with one attached hydrogen (secondary N) is 2. The van der Waals surface area contributed by atoms with Gasteiger partial charge in [-0.3, -0.25) is 0 Å². The molecule has 0 rings (SSSR count). The number of carbonyl (C=O) groups excluding carboxylic acids is 1. The van der Waals surface area contributed by atoms with Gasteiger partial charge < -0.3 is 15.7 Å². The number of rotatable bonds is 8. The molecule has 0 aliphatic carbocycles. The molecule has 4 nitrogen and oxygen atoms in total. The highest BCUT2D eigenvalue weighted by molar-refractivity contribution is 5.74. The summed E-state index contributed by atoms with van der Waals surface area (Å²) in [7, 11) is 0. The average Bonchev–Trinajstić information content (AvgIpc) is 2.26. The van der Waals surface area contributed by atoms with Crippen LogP contribution in [0.25, 0.3) is 0 Å². The Morgan fingerprint density at radius 2 is 2.06 bits per heavy atom. The molecule has 0 aliphatic heterocycles.